The Morgan fingerprint density at radius 2 is 1.50 bits per heavy atom. The van der Waals surface area contributed by atoms with Crippen LogP contribution in [0.1, 0.15) is 30.6 Å². The maximum absolute atomic E-state index is 12.5. The molecule has 3 aromatic rings. The molecule has 24 heavy (non-hydrogen) atoms. The van der Waals surface area contributed by atoms with E-state index >= 15 is 0 Å². The maximum Gasteiger partial charge on any atom is 0.164 e. The Morgan fingerprint density at radius 3 is 2.21 bits per heavy atom. The Bertz CT molecular complexity index is 839. The summed E-state index contributed by atoms with van der Waals surface area (Å²) < 4.78 is 0. The van der Waals surface area contributed by atoms with Gasteiger partial charge in [0.05, 0.1) is 0 Å². The first kappa shape index (κ1) is 18.4. The lowest BCUT2D eigenvalue weighted by Gasteiger charge is -2.17. The fourth-order valence-electron chi connectivity index (χ4n) is 3.12. The second kappa shape index (κ2) is 8.27. The predicted octanol–water partition coefficient (Wildman–Crippen LogP) is 5.33. The Kier molecular flexibility index (Phi) is 6.36. The highest BCUT2D eigenvalue weighted by Gasteiger charge is 2.10. The van der Waals surface area contributed by atoms with E-state index in [0.29, 0.717) is 6.42 Å². The van der Waals surface area contributed by atoms with Crippen LogP contribution >= 0.6 is 12.4 Å². The van der Waals surface area contributed by atoms with Crippen LogP contribution < -0.4 is 0 Å². The summed E-state index contributed by atoms with van der Waals surface area (Å²) in [6.45, 7) is 7.09. The van der Waals surface area contributed by atoms with Gasteiger partial charge in [0.1, 0.15) is 0 Å². The third-order valence-electron chi connectivity index (χ3n) is 4.62. The lowest BCUT2D eigenvalue weighted by Crippen LogP contribution is -2.25. The first-order valence-corrected chi connectivity index (χ1v) is 8.40. The normalized spacial score (nSPS) is 11.0. The molecule has 3 heteroatoms. The summed E-state index contributed by atoms with van der Waals surface area (Å²) in [4.78, 5) is 14.8. The van der Waals surface area contributed by atoms with Gasteiger partial charge < -0.3 is 4.90 Å². The smallest absolute Gasteiger partial charge is 0.164 e. The number of hydrogen-bond acceptors (Lipinski definition) is 2. The molecular formula is C21H24ClNO. The monoisotopic (exact) mass is 341 g/mol. The zero-order valence-electron chi connectivity index (χ0n) is 14.3. The van der Waals surface area contributed by atoms with Gasteiger partial charge in [-0.2, -0.15) is 0 Å². The zero-order chi connectivity index (χ0) is 16.2. The number of Topliss-reactive ketones (excluding diaryl/α,β-unsaturated/α-hetero) is 1. The summed E-state index contributed by atoms with van der Waals surface area (Å²) in [5.41, 5.74) is 0.820. The molecule has 0 aliphatic heterocycles. The van der Waals surface area contributed by atoms with Crippen molar-refractivity contribution in [3.05, 3.63) is 60.2 Å². The summed E-state index contributed by atoms with van der Waals surface area (Å²) in [5, 5.41) is 4.77. The SMILES string of the molecule is CCN(CC)CCC(=O)c1ccc2ccc3ccccc3c2c1.Cl. The standard InChI is InChI=1S/C21H23NO.ClH/c1-3-22(4-2)14-13-21(23)18-12-11-17-10-9-16-7-5-6-8-19(16)20(17)15-18;/h5-12,15H,3-4,13-14H2,1-2H3;1H. The molecule has 0 aliphatic carbocycles. The van der Waals surface area contributed by atoms with Crippen molar-refractivity contribution in [2.24, 2.45) is 0 Å². The molecule has 0 saturated heterocycles. The van der Waals surface area contributed by atoms with E-state index in [-0.39, 0.29) is 18.2 Å². The Balaban J connectivity index is 0.00000208. The third kappa shape index (κ3) is 3.77. The molecule has 0 spiro atoms. The number of carbonyl (C=O) groups is 1. The number of carbonyl (C=O) groups excluding carboxylic acids is 1. The Morgan fingerprint density at radius 1 is 0.875 bits per heavy atom. The predicted molar refractivity (Wildman–Crippen MR) is 105 cm³/mol. The fraction of sp³-hybridized carbons (Fsp3) is 0.286. The molecule has 0 N–H and O–H groups in total. The molecule has 2 nitrogen and oxygen atoms in total. The molecule has 3 rings (SSSR count). The fourth-order valence-corrected chi connectivity index (χ4v) is 3.12. The van der Waals surface area contributed by atoms with E-state index in [0.717, 1.165) is 30.6 Å². The topological polar surface area (TPSA) is 20.3 Å². The average Bonchev–Trinajstić information content (AvgIpc) is 2.61. The molecule has 0 fully saturated rings. The van der Waals surface area contributed by atoms with Gasteiger partial charge in [-0.3, -0.25) is 4.79 Å². The molecule has 0 saturated carbocycles. The van der Waals surface area contributed by atoms with E-state index in [1.54, 1.807) is 0 Å². The molecule has 0 atom stereocenters. The number of ketones is 1. The van der Waals surface area contributed by atoms with Gasteiger partial charge in [-0.05, 0) is 40.7 Å². The highest BCUT2D eigenvalue weighted by molar-refractivity contribution is 6.10. The highest BCUT2D eigenvalue weighted by Crippen LogP contribution is 2.26. The van der Waals surface area contributed by atoms with E-state index in [2.05, 4.69) is 61.2 Å². The molecule has 3 aromatic carbocycles. The first-order valence-electron chi connectivity index (χ1n) is 8.40. The van der Waals surface area contributed by atoms with Crippen LogP contribution in [0.25, 0.3) is 21.5 Å². The van der Waals surface area contributed by atoms with Crippen LogP contribution in [0.5, 0.6) is 0 Å². The van der Waals surface area contributed by atoms with Crippen molar-refractivity contribution in [1.82, 2.24) is 4.90 Å². The van der Waals surface area contributed by atoms with Crippen LogP contribution in [-0.4, -0.2) is 30.3 Å². The van der Waals surface area contributed by atoms with Gasteiger partial charge >= 0.3 is 0 Å². The number of halogens is 1. The second-order valence-corrected chi connectivity index (χ2v) is 5.92. The molecule has 0 unspecified atom stereocenters. The molecule has 0 heterocycles. The molecular weight excluding hydrogens is 318 g/mol. The number of fused-ring (bicyclic) bond motifs is 3. The van der Waals surface area contributed by atoms with Crippen LogP contribution in [-0.2, 0) is 0 Å². The minimum Gasteiger partial charge on any atom is -0.303 e. The molecule has 0 aliphatic rings. The lowest BCUT2D eigenvalue weighted by molar-refractivity contribution is 0.0966. The van der Waals surface area contributed by atoms with Crippen LogP contribution in [0.15, 0.2) is 54.6 Å². The molecule has 0 radical (unpaired) electrons. The van der Waals surface area contributed by atoms with Crippen molar-refractivity contribution < 1.29 is 4.79 Å². The number of hydrogen-bond donors (Lipinski definition) is 0. The summed E-state index contributed by atoms with van der Waals surface area (Å²) in [6, 6.07) is 18.7. The number of nitrogens with zero attached hydrogens (tertiary/aromatic N) is 1. The van der Waals surface area contributed by atoms with Crippen LogP contribution in [0.2, 0.25) is 0 Å². The van der Waals surface area contributed by atoms with Crippen molar-refractivity contribution in [1.29, 1.82) is 0 Å². The molecule has 0 aromatic heterocycles. The Hall–Kier alpha value is -1.90. The largest absolute Gasteiger partial charge is 0.303 e. The van der Waals surface area contributed by atoms with Gasteiger partial charge in [0.25, 0.3) is 0 Å². The zero-order valence-corrected chi connectivity index (χ0v) is 15.1. The van der Waals surface area contributed by atoms with Crippen molar-refractivity contribution >= 4 is 39.7 Å². The van der Waals surface area contributed by atoms with Gasteiger partial charge in [0.2, 0.25) is 0 Å². The van der Waals surface area contributed by atoms with E-state index in [4.69, 9.17) is 0 Å². The van der Waals surface area contributed by atoms with Gasteiger partial charge in [-0.25, -0.2) is 0 Å². The minimum atomic E-state index is 0. The summed E-state index contributed by atoms with van der Waals surface area (Å²) >= 11 is 0. The van der Waals surface area contributed by atoms with Crippen LogP contribution in [0.4, 0.5) is 0 Å². The lowest BCUT2D eigenvalue weighted by atomic mass is 9.98. The molecule has 0 bridgehead atoms. The third-order valence-corrected chi connectivity index (χ3v) is 4.62. The van der Waals surface area contributed by atoms with Crippen molar-refractivity contribution in [3.63, 3.8) is 0 Å². The van der Waals surface area contributed by atoms with Crippen LogP contribution in [0.3, 0.4) is 0 Å². The first-order chi connectivity index (χ1) is 11.2. The quantitative estimate of drug-likeness (QED) is 0.446. The Labute approximate surface area is 149 Å². The second-order valence-electron chi connectivity index (χ2n) is 5.92. The van der Waals surface area contributed by atoms with Gasteiger partial charge in [0.15, 0.2) is 5.78 Å². The van der Waals surface area contributed by atoms with E-state index in [9.17, 15) is 4.79 Å². The minimum absolute atomic E-state index is 0. The summed E-state index contributed by atoms with van der Waals surface area (Å²) in [7, 11) is 0. The number of rotatable bonds is 6. The van der Waals surface area contributed by atoms with E-state index in [1.807, 2.05) is 12.1 Å². The van der Waals surface area contributed by atoms with Crippen molar-refractivity contribution in [3.8, 4) is 0 Å². The van der Waals surface area contributed by atoms with Gasteiger partial charge in [-0.15, -0.1) is 12.4 Å². The van der Waals surface area contributed by atoms with E-state index in [1.165, 1.54) is 16.2 Å². The molecule has 0 amide bonds. The molecule has 126 valence electrons. The summed E-state index contributed by atoms with van der Waals surface area (Å²) in [6.07, 6.45) is 0.581. The average molecular weight is 342 g/mol. The van der Waals surface area contributed by atoms with Gasteiger partial charge in [0, 0.05) is 18.5 Å². The van der Waals surface area contributed by atoms with E-state index < -0.39 is 0 Å². The maximum atomic E-state index is 12.5. The highest BCUT2D eigenvalue weighted by atomic mass is 35.5. The van der Waals surface area contributed by atoms with Crippen molar-refractivity contribution in [2.45, 2.75) is 20.3 Å². The van der Waals surface area contributed by atoms with Gasteiger partial charge in [-0.1, -0.05) is 62.4 Å². The van der Waals surface area contributed by atoms with Crippen LogP contribution in [0, 0.1) is 0 Å². The number of benzene rings is 3. The summed E-state index contributed by atoms with van der Waals surface area (Å²) in [5.74, 6) is 0.228. The van der Waals surface area contributed by atoms with Crippen molar-refractivity contribution in [2.75, 3.05) is 19.6 Å².